The summed E-state index contributed by atoms with van der Waals surface area (Å²) in [6.45, 7) is 0. The van der Waals surface area contributed by atoms with Gasteiger partial charge in [-0.15, -0.1) is 0 Å². The van der Waals surface area contributed by atoms with Crippen molar-refractivity contribution >= 4 is 21.9 Å². The summed E-state index contributed by atoms with van der Waals surface area (Å²) in [5, 5.41) is 0. The van der Waals surface area contributed by atoms with E-state index in [1.807, 2.05) is 48.5 Å². The second-order valence-corrected chi connectivity index (χ2v) is 7.96. The van der Waals surface area contributed by atoms with Gasteiger partial charge < -0.3 is 18.6 Å². The molecule has 1 atom stereocenters. The maximum Gasteiger partial charge on any atom is 0.203 e. The van der Waals surface area contributed by atoms with E-state index in [4.69, 9.17) is 18.6 Å². The largest absolute Gasteiger partial charge is 0.493 e. The van der Waals surface area contributed by atoms with Crippen LogP contribution < -0.4 is 14.2 Å². The summed E-state index contributed by atoms with van der Waals surface area (Å²) in [4.78, 5) is 5.23. The number of furan rings is 1. The highest BCUT2D eigenvalue weighted by Crippen LogP contribution is 2.42. The number of rotatable bonds is 6. The fourth-order valence-electron chi connectivity index (χ4n) is 3.36. The molecule has 0 N–H and O–H groups in total. The van der Waals surface area contributed by atoms with Crippen molar-refractivity contribution in [2.24, 2.45) is 0 Å². The zero-order chi connectivity index (χ0) is 21.3. The monoisotopic (exact) mass is 423 g/mol. The lowest BCUT2D eigenvalue weighted by molar-refractivity contribution is 0.324. The Bertz CT molecular complexity index is 1210. The molecular weight excluding hydrogens is 402 g/mol. The van der Waals surface area contributed by atoms with Gasteiger partial charge in [0, 0.05) is 45.3 Å². The zero-order valence-electron chi connectivity index (χ0n) is 17.1. The molecule has 0 fully saturated rings. The first-order valence-electron chi connectivity index (χ1n) is 9.18. The average molecular weight is 423 g/mol. The van der Waals surface area contributed by atoms with Crippen molar-refractivity contribution in [3.63, 3.8) is 0 Å². The first kappa shape index (κ1) is 20.0. The van der Waals surface area contributed by atoms with Gasteiger partial charge >= 0.3 is 0 Å². The molecule has 30 heavy (non-hydrogen) atoms. The van der Waals surface area contributed by atoms with Crippen LogP contribution in [0.15, 0.2) is 64.0 Å². The van der Waals surface area contributed by atoms with Crippen LogP contribution in [0.3, 0.4) is 0 Å². The summed E-state index contributed by atoms with van der Waals surface area (Å²) in [5.41, 5.74) is 4.06. The zero-order valence-corrected chi connectivity index (χ0v) is 17.9. The number of pyridine rings is 1. The van der Waals surface area contributed by atoms with E-state index in [1.165, 1.54) is 0 Å². The molecule has 0 bridgehead atoms. The highest BCUT2D eigenvalue weighted by atomic mass is 32.2. The van der Waals surface area contributed by atoms with Crippen molar-refractivity contribution in [2.45, 2.75) is 4.90 Å². The van der Waals surface area contributed by atoms with Gasteiger partial charge in [0.05, 0.1) is 21.3 Å². The van der Waals surface area contributed by atoms with Crippen LogP contribution in [0, 0.1) is 0 Å². The second kappa shape index (κ2) is 8.20. The van der Waals surface area contributed by atoms with Crippen LogP contribution in [-0.2, 0) is 10.8 Å². The first-order chi connectivity index (χ1) is 14.5. The van der Waals surface area contributed by atoms with Crippen LogP contribution in [0.25, 0.3) is 33.6 Å². The summed E-state index contributed by atoms with van der Waals surface area (Å²) < 4.78 is 34.2. The number of aromatic nitrogens is 1. The molecule has 4 rings (SSSR count). The van der Waals surface area contributed by atoms with Crippen LogP contribution in [0.5, 0.6) is 17.2 Å². The molecule has 2 heterocycles. The standard InChI is InChI=1S/C23H21NO5S/c1-26-20-11-15(12-21(27-2)23(20)28-3)19-13-18-22(29-19)17(9-10-24-18)14-5-7-16(8-6-14)30(4)25/h5-13H,1-4H3. The van der Waals surface area contributed by atoms with Crippen LogP contribution in [0.2, 0.25) is 0 Å². The number of ether oxygens (including phenoxy) is 3. The van der Waals surface area contributed by atoms with Gasteiger partial charge in [-0.1, -0.05) is 12.1 Å². The Labute approximate surface area is 176 Å². The van der Waals surface area contributed by atoms with E-state index >= 15 is 0 Å². The Balaban J connectivity index is 1.84. The maximum absolute atomic E-state index is 11.7. The van der Waals surface area contributed by atoms with Crippen LogP contribution in [0.4, 0.5) is 0 Å². The summed E-state index contributed by atoms with van der Waals surface area (Å²) in [6, 6.07) is 15.1. The van der Waals surface area contributed by atoms with Crippen molar-refractivity contribution in [2.75, 3.05) is 27.6 Å². The molecule has 2 aromatic carbocycles. The molecule has 0 radical (unpaired) electrons. The van der Waals surface area contributed by atoms with E-state index in [1.54, 1.807) is 33.8 Å². The molecule has 6 nitrogen and oxygen atoms in total. The number of nitrogens with zero attached hydrogens (tertiary/aromatic N) is 1. The number of hydrogen-bond donors (Lipinski definition) is 0. The van der Waals surface area contributed by atoms with Gasteiger partial charge in [0.25, 0.3) is 0 Å². The van der Waals surface area contributed by atoms with Gasteiger partial charge in [0.2, 0.25) is 5.75 Å². The molecule has 154 valence electrons. The lowest BCUT2D eigenvalue weighted by Crippen LogP contribution is -1.95. The van der Waals surface area contributed by atoms with Gasteiger partial charge in [-0.25, -0.2) is 0 Å². The Morgan fingerprint density at radius 1 is 0.867 bits per heavy atom. The number of methoxy groups -OCH3 is 3. The number of fused-ring (bicyclic) bond motifs is 1. The molecule has 4 aromatic rings. The van der Waals surface area contributed by atoms with E-state index in [2.05, 4.69) is 4.98 Å². The predicted molar refractivity (Wildman–Crippen MR) is 117 cm³/mol. The van der Waals surface area contributed by atoms with Crippen LogP contribution in [0.1, 0.15) is 0 Å². The van der Waals surface area contributed by atoms with Crippen LogP contribution in [-0.4, -0.2) is 36.8 Å². The molecule has 0 saturated carbocycles. The highest BCUT2D eigenvalue weighted by molar-refractivity contribution is 7.84. The first-order valence-corrected chi connectivity index (χ1v) is 10.7. The van der Waals surface area contributed by atoms with E-state index < -0.39 is 10.8 Å². The maximum atomic E-state index is 11.7. The SMILES string of the molecule is COc1cc(-c2cc3nccc(-c4ccc(S(C)=O)cc4)c3o2)cc(OC)c1OC. The van der Waals surface area contributed by atoms with Crippen molar-refractivity contribution < 1.29 is 22.8 Å². The molecule has 1 unspecified atom stereocenters. The lowest BCUT2D eigenvalue weighted by atomic mass is 10.1. The number of hydrogen-bond acceptors (Lipinski definition) is 6. The number of benzene rings is 2. The molecule has 0 amide bonds. The normalized spacial score (nSPS) is 12.0. The Kier molecular flexibility index (Phi) is 5.46. The fraction of sp³-hybridized carbons (Fsp3) is 0.174. The molecule has 0 spiro atoms. The van der Waals surface area contributed by atoms with Crippen molar-refractivity contribution in [1.82, 2.24) is 4.98 Å². The van der Waals surface area contributed by atoms with Gasteiger partial charge in [-0.3, -0.25) is 9.19 Å². The molecule has 0 aliphatic carbocycles. The lowest BCUT2D eigenvalue weighted by Gasteiger charge is -2.13. The summed E-state index contributed by atoms with van der Waals surface area (Å²) in [6.07, 6.45) is 3.41. The minimum Gasteiger partial charge on any atom is -0.493 e. The molecule has 0 aliphatic rings. The van der Waals surface area contributed by atoms with Gasteiger partial charge in [-0.2, -0.15) is 0 Å². The van der Waals surface area contributed by atoms with Gasteiger partial charge in [0.1, 0.15) is 11.3 Å². The van der Waals surface area contributed by atoms with Crippen LogP contribution >= 0.6 is 0 Å². The predicted octanol–water partition coefficient (Wildman–Crippen LogP) is 4.93. The third-order valence-corrected chi connectivity index (χ3v) is 5.79. The minimum absolute atomic E-state index is 0.520. The third-order valence-electron chi connectivity index (χ3n) is 4.86. The minimum atomic E-state index is -1.02. The molecular formula is C23H21NO5S. The molecule has 2 aromatic heterocycles. The summed E-state index contributed by atoms with van der Waals surface area (Å²) in [7, 11) is 3.70. The summed E-state index contributed by atoms with van der Waals surface area (Å²) >= 11 is 0. The third kappa shape index (κ3) is 3.52. The van der Waals surface area contributed by atoms with Crippen molar-refractivity contribution in [3.8, 4) is 39.7 Å². The topological polar surface area (TPSA) is 70.8 Å². The van der Waals surface area contributed by atoms with Crippen molar-refractivity contribution in [1.29, 1.82) is 0 Å². The van der Waals surface area contributed by atoms with E-state index in [0.717, 1.165) is 27.1 Å². The van der Waals surface area contributed by atoms with Crippen molar-refractivity contribution in [3.05, 3.63) is 54.7 Å². The Morgan fingerprint density at radius 3 is 2.10 bits per heavy atom. The smallest absolute Gasteiger partial charge is 0.203 e. The summed E-state index contributed by atoms with van der Waals surface area (Å²) in [5.74, 6) is 2.25. The molecule has 0 saturated heterocycles. The second-order valence-electron chi connectivity index (χ2n) is 6.58. The molecule has 0 aliphatic heterocycles. The highest BCUT2D eigenvalue weighted by Gasteiger charge is 2.18. The van der Waals surface area contributed by atoms with E-state index in [0.29, 0.717) is 28.6 Å². The Hall–Kier alpha value is -3.32. The quantitative estimate of drug-likeness (QED) is 0.438. The fourth-order valence-corrected chi connectivity index (χ4v) is 3.88. The van der Waals surface area contributed by atoms with Gasteiger partial charge in [0.15, 0.2) is 17.1 Å². The average Bonchev–Trinajstić information content (AvgIpc) is 3.22. The van der Waals surface area contributed by atoms with E-state index in [9.17, 15) is 4.21 Å². The van der Waals surface area contributed by atoms with Gasteiger partial charge in [-0.05, 0) is 35.9 Å². The Morgan fingerprint density at radius 2 is 1.53 bits per heavy atom. The van der Waals surface area contributed by atoms with E-state index in [-0.39, 0.29) is 0 Å². The molecule has 7 heteroatoms.